The number of carbonyl (C=O) groups is 1. The number of halogens is 1. The second-order valence-electron chi connectivity index (χ2n) is 6.23. The molecule has 2 heterocycles. The van der Waals surface area contributed by atoms with E-state index < -0.39 is 0 Å². The highest BCUT2D eigenvalue weighted by Crippen LogP contribution is 2.40. The smallest absolute Gasteiger partial charge is 0.267 e. The first-order chi connectivity index (χ1) is 13.2. The van der Waals surface area contributed by atoms with Crippen molar-refractivity contribution in [2.45, 2.75) is 0 Å². The summed E-state index contributed by atoms with van der Waals surface area (Å²) in [6.07, 6.45) is 1.74. The third-order valence-corrected chi connectivity index (χ3v) is 6.27. The Balaban J connectivity index is 1.62. The molecule has 0 aliphatic rings. The van der Waals surface area contributed by atoms with Crippen molar-refractivity contribution >= 4 is 66.3 Å². The minimum atomic E-state index is -0.207. The van der Waals surface area contributed by atoms with Gasteiger partial charge in [-0.15, -0.1) is 11.3 Å². The Morgan fingerprint density at radius 3 is 2.70 bits per heavy atom. The number of benzene rings is 3. The molecule has 3 nitrogen and oxygen atoms in total. The average molecular weight is 389 g/mol. The molecule has 0 atom stereocenters. The standard InChI is InChI=1S/C22H13ClN2OS/c23-20-19-14-6-2-1-5-13(14)10-11-18(19)27-21(20)22(26)25-17-9-3-8-16-15(17)7-4-12-24-16/h1-12H,(H,25,26). The third-order valence-electron chi connectivity index (χ3n) is 4.62. The van der Waals surface area contributed by atoms with Crippen LogP contribution < -0.4 is 5.32 Å². The Kier molecular flexibility index (Phi) is 3.81. The van der Waals surface area contributed by atoms with E-state index in [4.69, 9.17) is 11.6 Å². The average Bonchev–Trinajstić information content (AvgIpc) is 3.05. The van der Waals surface area contributed by atoms with E-state index >= 15 is 0 Å². The fourth-order valence-corrected chi connectivity index (χ4v) is 4.84. The number of aromatic nitrogens is 1. The highest BCUT2D eigenvalue weighted by atomic mass is 35.5. The SMILES string of the molecule is O=C(Nc1cccc2ncccc12)c1sc2ccc3ccccc3c2c1Cl. The minimum absolute atomic E-state index is 0.207. The van der Waals surface area contributed by atoms with Gasteiger partial charge in [0.05, 0.1) is 16.2 Å². The molecule has 0 saturated heterocycles. The van der Waals surface area contributed by atoms with Crippen molar-refractivity contribution in [3.63, 3.8) is 0 Å². The Morgan fingerprint density at radius 2 is 1.78 bits per heavy atom. The predicted molar refractivity (Wildman–Crippen MR) is 114 cm³/mol. The number of rotatable bonds is 2. The van der Waals surface area contributed by atoms with Gasteiger partial charge in [0.2, 0.25) is 0 Å². The molecule has 0 bridgehead atoms. The molecule has 130 valence electrons. The van der Waals surface area contributed by atoms with E-state index in [1.807, 2.05) is 60.7 Å². The highest BCUT2D eigenvalue weighted by molar-refractivity contribution is 7.22. The van der Waals surface area contributed by atoms with Crippen molar-refractivity contribution in [1.82, 2.24) is 4.98 Å². The Labute approximate surface area is 164 Å². The number of amides is 1. The van der Waals surface area contributed by atoms with Crippen LogP contribution in [-0.2, 0) is 0 Å². The van der Waals surface area contributed by atoms with Crippen molar-refractivity contribution in [3.8, 4) is 0 Å². The van der Waals surface area contributed by atoms with Crippen LogP contribution in [0.5, 0.6) is 0 Å². The quantitative estimate of drug-likeness (QED) is 0.374. The van der Waals surface area contributed by atoms with E-state index in [0.29, 0.717) is 9.90 Å². The van der Waals surface area contributed by atoms with Crippen molar-refractivity contribution < 1.29 is 4.79 Å². The molecule has 27 heavy (non-hydrogen) atoms. The molecule has 0 saturated carbocycles. The summed E-state index contributed by atoms with van der Waals surface area (Å²) >= 11 is 8.06. The summed E-state index contributed by atoms with van der Waals surface area (Å²) in [6.45, 7) is 0. The molecule has 1 N–H and O–H groups in total. The van der Waals surface area contributed by atoms with Gasteiger partial charge in [-0.3, -0.25) is 9.78 Å². The number of carbonyl (C=O) groups excluding carboxylic acids is 1. The maximum absolute atomic E-state index is 13.0. The molecule has 5 aromatic rings. The normalized spacial score (nSPS) is 11.3. The monoisotopic (exact) mass is 388 g/mol. The van der Waals surface area contributed by atoms with Crippen LogP contribution in [0, 0.1) is 0 Å². The first kappa shape index (κ1) is 16.2. The lowest BCUT2D eigenvalue weighted by atomic mass is 10.1. The fraction of sp³-hybridized carbons (Fsp3) is 0. The van der Waals surface area contributed by atoms with Crippen LogP contribution >= 0.6 is 22.9 Å². The van der Waals surface area contributed by atoms with Gasteiger partial charge in [-0.05, 0) is 41.1 Å². The lowest BCUT2D eigenvalue weighted by molar-refractivity contribution is 0.103. The first-order valence-corrected chi connectivity index (χ1v) is 9.67. The van der Waals surface area contributed by atoms with Gasteiger partial charge in [-0.1, -0.05) is 48.0 Å². The molecule has 3 aromatic carbocycles. The summed E-state index contributed by atoms with van der Waals surface area (Å²) < 4.78 is 1.00. The zero-order chi connectivity index (χ0) is 18.4. The Bertz CT molecular complexity index is 1340. The van der Waals surface area contributed by atoms with Crippen molar-refractivity contribution in [1.29, 1.82) is 0 Å². The summed E-state index contributed by atoms with van der Waals surface area (Å²) in [6, 6.07) is 21.6. The number of nitrogens with zero attached hydrogens (tertiary/aromatic N) is 1. The number of thiophene rings is 1. The molecule has 2 aromatic heterocycles. The van der Waals surface area contributed by atoms with E-state index in [1.165, 1.54) is 11.3 Å². The molecule has 5 rings (SSSR count). The van der Waals surface area contributed by atoms with E-state index in [0.717, 1.165) is 37.4 Å². The molecule has 0 fully saturated rings. The van der Waals surface area contributed by atoms with Gasteiger partial charge >= 0.3 is 0 Å². The lowest BCUT2D eigenvalue weighted by Crippen LogP contribution is -2.11. The molecular formula is C22H13ClN2OS. The van der Waals surface area contributed by atoms with Crippen LogP contribution in [0.4, 0.5) is 5.69 Å². The summed E-state index contributed by atoms with van der Waals surface area (Å²) in [5.74, 6) is -0.207. The number of anilines is 1. The van der Waals surface area contributed by atoms with Crippen molar-refractivity contribution in [2.75, 3.05) is 5.32 Å². The van der Waals surface area contributed by atoms with Crippen molar-refractivity contribution in [2.24, 2.45) is 0 Å². The largest absolute Gasteiger partial charge is 0.321 e. The molecule has 0 aliphatic carbocycles. The van der Waals surface area contributed by atoms with Gasteiger partial charge in [-0.25, -0.2) is 0 Å². The van der Waals surface area contributed by atoms with E-state index in [2.05, 4.69) is 16.4 Å². The maximum atomic E-state index is 13.0. The van der Waals surface area contributed by atoms with Gasteiger partial charge in [0.25, 0.3) is 5.91 Å². The second-order valence-corrected chi connectivity index (χ2v) is 7.66. The molecule has 0 aliphatic heterocycles. The second kappa shape index (κ2) is 6.34. The van der Waals surface area contributed by atoms with E-state index in [-0.39, 0.29) is 5.91 Å². The maximum Gasteiger partial charge on any atom is 0.267 e. The van der Waals surface area contributed by atoms with Gasteiger partial charge in [0.1, 0.15) is 4.88 Å². The van der Waals surface area contributed by atoms with E-state index in [1.54, 1.807) is 6.20 Å². The van der Waals surface area contributed by atoms with Crippen LogP contribution in [0.1, 0.15) is 9.67 Å². The molecule has 5 heteroatoms. The van der Waals surface area contributed by atoms with Crippen LogP contribution in [0.3, 0.4) is 0 Å². The predicted octanol–water partition coefficient (Wildman–Crippen LogP) is 6.51. The van der Waals surface area contributed by atoms with Gasteiger partial charge in [-0.2, -0.15) is 0 Å². The fourth-order valence-electron chi connectivity index (χ4n) is 3.37. The zero-order valence-corrected chi connectivity index (χ0v) is 15.6. The lowest BCUT2D eigenvalue weighted by Gasteiger charge is -2.07. The van der Waals surface area contributed by atoms with Crippen LogP contribution in [-0.4, -0.2) is 10.9 Å². The molecule has 0 spiro atoms. The zero-order valence-electron chi connectivity index (χ0n) is 14.1. The Morgan fingerprint density at radius 1 is 0.926 bits per heavy atom. The molecule has 1 amide bonds. The molecule has 0 radical (unpaired) electrons. The van der Waals surface area contributed by atoms with Crippen LogP contribution in [0.25, 0.3) is 31.8 Å². The number of nitrogens with one attached hydrogen (secondary N) is 1. The summed E-state index contributed by atoms with van der Waals surface area (Å²) in [5, 5.41) is 7.50. The Hall–Kier alpha value is -2.95. The van der Waals surface area contributed by atoms with Crippen molar-refractivity contribution in [3.05, 3.63) is 82.8 Å². The number of fused-ring (bicyclic) bond motifs is 4. The summed E-state index contributed by atoms with van der Waals surface area (Å²) in [4.78, 5) is 17.8. The van der Waals surface area contributed by atoms with E-state index in [9.17, 15) is 4.79 Å². The third kappa shape index (κ3) is 2.65. The highest BCUT2D eigenvalue weighted by Gasteiger charge is 2.19. The van der Waals surface area contributed by atoms with Crippen LogP contribution in [0.15, 0.2) is 72.9 Å². The summed E-state index contributed by atoms with van der Waals surface area (Å²) in [5.41, 5.74) is 1.56. The number of pyridine rings is 1. The molecule has 0 unspecified atom stereocenters. The van der Waals surface area contributed by atoms with Gasteiger partial charge in [0.15, 0.2) is 0 Å². The topological polar surface area (TPSA) is 42.0 Å². The number of hydrogen-bond acceptors (Lipinski definition) is 3. The van der Waals surface area contributed by atoms with Gasteiger partial charge in [0, 0.05) is 21.7 Å². The minimum Gasteiger partial charge on any atom is -0.321 e. The first-order valence-electron chi connectivity index (χ1n) is 8.47. The summed E-state index contributed by atoms with van der Waals surface area (Å²) in [7, 11) is 0. The van der Waals surface area contributed by atoms with Gasteiger partial charge < -0.3 is 5.32 Å². The van der Waals surface area contributed by atoms with Crippen LogP contribution in [0.2, 0.25) is 5.02 Å². The molecular weight excluding hydrogens is 376 g/mol. The number of hydrogen-bond donors (Lipinski definition) is 1.